The molecule has 0 radical (unpaired) electrons. The van der Waals surface area contributed by atoms with Gasteiger partial charge in [0.15, 0.2) is 5.82 Å². The number of aromatic nitrogens is 2. The molecule has 118 valence electrons. The Hall–Kier alpha value is -1.33. The zero-order valence-electron chi connectivity index (χ0n) is 13.3. The molecule has 3 rings (SSSR count). The van der Waals surface area contributed by atoms with E-state index in [1.54, 1.807) is 11.8 Å². The molecule has 1 aliphatic rings. The average molecular weight is 317 g/mol. The van der Waals surface area contributed by atoms with Gasteiger partial charge in [-0.05, 0) is 37.8 Å². The van der Waals surface area contributed by atoms with Crippen LogP contribution in [0.1, 0.15) is 48.9 Å². The number of benzene rings is 1. The zero-order chi connectivity index (χ0) is 15.4. The first-order chi connectivity index (χ1) is 10.8. The van der Waals surface area contributed by atoms with Gasteiger partial charge >= 0.3 is 0 Å². The van der Waals surface area contributed by atoms with Crippen LogP contribution in [0.25, 0.3) is 0 Å². The summed E-state index contributed by atoms with van der Waals surface area (Å²) in [6, 6.07) is 8.53. The largest absolute Gasteiger partial charge is 0.339 e. The van der Waals surface area contributed by atoms with Gasteiger partial charge < -0.3 is 4.52 Å². The molecular weight excluding hydrogens is 294 g/mol. The van der Waals surface area contributed by atoms with Gasteiger partial charge in [-0.1, -0.05) is 36.2 Å². The summed E-state index contributed by atoms with van der Waals surface area (Å²) in [5, 5.41) is 4.15. The zero-order valence-corrected chi connectivity index (χ0v) is 14.1. The second-order valence-electron chi connectivity index (χ2n) is 6.01. The standard InChI is InChI=1S/C17H23N3OS/c1-20(11-14-9-5-6-10-15(14)22-2)12-16-18-17(21-19-16)13-7-3-4-8-13/h5-6,9-10,13H,3-4,7-8,11-12H2,1-2H3. The predicted molar refractivity (Wildman–Crippen MR) is 88.9 cm³/mol. The van der Waals surface area contributed by atoms with Gasteiger partial charge in [0.25, 0.3) is 0 Å². The highest BCUT2D eigenvalue weighted by molar-refractivity contribution is 7.98. The summed E-state index contributed by atoms with van der Waals surface area (Å²) in [4.78, 5) is 8.15. The number of nitrogens with zero attached hydrogens (tertiary/aromatic N) is 3. The van der Waals surface area contributed by atoms with E-state index in [9.17, 15) is 0 Å². The maximum Gasteiger partial charge on any atom is 0.229 e. The molecule has 0 atom stereocenters. The Bertz CT molecular complexity index is 607. The molecule has 1 saturated carbocycles. The lowest BCUT2D eigenvalue weighted by Crippen LogP contribution is -2.18. The molecule has 1 heterocycles. The molecule has 0 saturated heterocycles. The third kappa shape index (κ3) is 3.70. The van der Waals surface area contributed by atoms with E-state index in [0.717, 1.165) is 24.8 Å². The van der Waals surface area contributed by atoms with E-state index >= 15 is 0 Å². The van der Waals surface area contributed by atoms with Crippen LogP contribution in [0, 0.1) is 0 Å². The smallest absolute Gasteiger partial charge is 0.229 e. The van der Waals surface area contributed by atoms with E-state index in [4.69, 9.17) is 4.52 Å². The van der Waals surface area contributed by atoms with E-state index in [1.165, 1.54) is 36.1 Å². The van der Waals surface area contributed by atoms with Gasteiger partial charge in [0.05, 0.1) is 6.54 Å². The van der Waals surface area contributed by atoms with Crippen molar-refractivity contribution in [1.82, 2.24) is 15.0 Å². The lowest BCUT2D eigenvalue weighted by atomic mass is 10.1. The van der Waals surface area contributed by atoms with Crippen molar-refractivity contribution in [2.45, 2.75) is 49.6 Å². The molecule has 0 amide bonds. The molecule has 1 fully saturated rings. The molecule has 5 heteroatoms. The summed E-state index contributed by atoms with van der Waals surface area (Å²) in [6.07, 6.45) is 7.07. The van der Waals surface area contributed by atoms with E-state index in [2.05, 4.69) is 52.6 Å². The van der Waals surface area contributed by atoms with Gasteiger partial charge in [-0.3, -0.25) is 4.90 Å². The van der Waals surface area contributed by atoms with Crippen molar-refractivity contribution in [1.29, 1.82) is 0 Å². The fraction of sp³-hybridized carbons (Fsp3) is 0.529. The van der Waals surface area contributed by atoms with Crippen LogP contribution in [0.5, 0.6) is 0 Å². The van der Waals surface area contributed by atoms with Crippen molar-refractivity contribution in [2.24, 2.45) is 0 Å². The van der Waals surface area contributed by atoms with Crippen molar-refractivity contribution in [3.8, 4) is 0 Å². The average Bonchev–Trinajstić information content (AvgIpc) is 3.18. The van der Waals surface area contributed by atoms with Crippen molar-refractivity contribution in [2.75, 3.05) is 13.3 Å². The van der Waals surface area contributed by atoms with Crippen LogP contribution in [0.2, 0.25) is 0 Å². The second kappa shape index (κ2) is 7.29. The summed E-state index contributed by atoms with van der Waals surface area (Å²) >= 11 is 1.79. The molecule has 1 aliphatic carbocycles. The van der Waals surface area contributed by atoms with Crippen molar-refractivity contribution >= 4 is 11.8 Å². The summed E-state index contributed by atoms with van der Waals surface area (Å²) < 4.78 is 5.45. The molecule has 1 aromatic heterocycles. The van der Waals surface area contributed by atoms with Gasteiger partial charge in [0, 0.05) is 17.4 Å². The van der Waals surface area contributed by atoms with Crippen LogP contribution >= 0.6 is 11.8 Å². The van der Waals surface area contributed by atoms with Gasteiger partial charge in [0.2, 0.25) is 5.89 Å². The van der Waals surface area contributed by atoms with Crippen LogP contribution in [-0.4, -0.2) is 28.3 Å². The molecular formula is C17H23N3OS. The Morgan fingerprint density at radius 2 is 2.00 bits per heavy atom. The van der Waals surface area contributed by atoms with Crippen LogP contribution in [0.4, 0.5) is 0 Å². The Morgan fingerprint density at radius 3 is 2.77 bits per heavy atom. The molecule has 22 heavy (non-hydrogen) atoms. The van der Waals surface area contributed by atoms with Crippen LogP contribution in [0.3, 0.4) is 0 Å². The summed E-state index contributed by atoms with van der Waals surface area (Å²) in [5.41, 5.74) is 1.34. The number of hydrogen-bond donors (Lipinski definition) is 0. The first kappa shape index (κ1) is 15.6. The maximum atomic E-state index is 5.45. The summed E-state index contributed by atoms with van der Waals surface area (Å²) in [6.45, 7) is 1.61. The summed E-state index contributed by atoms with van der Waals surface area (Å²) in [7, 11) is 2.10. The fourth-order valence-corrected chi connectivity index (χ4v) is 3.70. The molecule has 0 aliphatic heterocycles. The van der Waals surface area contributed by atoms with Crippen LogP contribution in [0.15, 0.2) is 33.7 Å². The van der Waals surface area contributed by atoms with Crippen molar-refractivity contribution in [3.63, 3.8) is 0 Å². The normalized spacial score (nSPS) is 15.8. The highest BCUT2D eigenvalue weighted by atomic mass is 32.2. The molecule has 0 unspecified atom stereocenters. The third-order valence-corrected chi connectivity index (χ3v) is 5.07. The van der Waals surface area contributed by atoms with E-state index < -0.39 is 0 Å². The van der Waals surface area contributed by atoms with E-state index in [1.807, 2.05) is 0 Å². The lowest BCUT2D eigenvalue weighted by molar-refractivity contribution is 0.296. The second-order valence-corrected chi connectivity index (χ2v) is 6.86. The number of hydrogen-bond acceptors (Lipinski definition) is 5. The molecule has 0 N–H and O–H groups in total. The highest BCUT2D eigenvalue weighted by Crippen LogP contribution is 2.33. The Morgan fingerprint density at radius 1 is 1.23 bits per heavy atom. The van der Waals surface area contributed by atoms with Gasteiger partial charge in [0.1, 0.15) is 0 Å². The quantitative estimate of drug-likeness (QED) is 0.751. The topological polar surface area (TPSA) is 42.2 Å². The Kier molecular flexibility index (Phi) is 5.16. The lowest BCUT2D eigenvalue weighted by Gasteiger charge is -2.16. The van der Waals surface area contributed by atoms with E-state index in [-0.39, 0.29) is 0 Å². The third-order valence-electron chi connectivity index (χ3n) is 4.23. The maximum absolute atomic E-state index is 5.45. The predicted octanol–water partition coefficient (Wildman–Crippen LogP) is 4.08. The van der Waals surface area contributed by atoms with Gasteiger partial charge in [-0.2, -0.15) is 4.98 Å². The van der Waals surface area contributed by atoms with E-state index in [0.29, 0.717) is 5.92 Å². The minimum Gasteiger partial charge on any atom is -0.339 e. The fourth-order valence-electron chi connectivity index (χ4n) is 3.09. The Balaban J connectivity index is 1.60. The minimum atomic E-state index is 0.490. The SMILES string of the molecule is CSc1ccccc1CN(C)Cc1noc(C2CCCC2)n1. The van der Waals surface area contributed by atoms with Gasteiger partial charge in [-0.25, -0.2) is 0 Å². The molecule has 0 spiro atoms. The first-order valence-electron chi connectivity index (χ1n) is 7.89. The highest BCUT2D eigenvalue weighted by Gasteiger charge is 2.23. The van der Waals surface area contributed by atoms with Crippen molar-refractivity contribution < 1.29 is 4.52 Å². The minimum absolute atomic E-state index is 0.490. The monoisotopic (exact) mass is 317 g/mol. The number of rotatable bonds is 6. The van der Waals surface area contributed by atoms with Crippen LogP contribution < -0.4 is 0 Å². The Labute approximate surface area is 136 Å². The summed E-state index contributed by atoms with van der Waals surface area (Å²) in [5.74, 6) is 2.13. The molecule has 4 nitrogen and oxygen atoms in total. The molecule has 0 bridgehead atoms. The number of thioether (sulfide) groups is 1. The first-order valence-corrected chi connectivity index (χ1v) is 9.11. The van der Waals surface area contributed by atoms with Crippen LogP contribution in [-0.2, 0) is 13.1 Å². The molecule has 2 aromatic rings. The van der Waals surface area contributed by atoms with Crippen molar-refractivity contribution in [3.05, 3.63) is 41.5 Å². The molecule has 1 aromatic carbocycles. The van der Waals surface area contributed by atoms with Gasteiger partial charge in [-0.15, -0.1) is 11.8 Å².